The van der Waals surface area contributed by atoms with Gasteiger partial charge in [0, 0.05) is 0 Å². The summed E-state index contributed by atoms with van der Waals surface area (Å²) in [5.41, 5.74) is 0. The fraction of sp³-hybridized carbons (Fsp3) is 1.00. The van der Waals surface area contributed by atoms with Crippen molar-refractivity contribution in [2.24, 2.45) is 0 Å². The zero-order valence-electron chi connectivity index (χ0n) is 28.7. The molecule has 0 saturated carbocycles. The third-order valence-corrected chi connectivity index (χ3v) is 11.0. The summed E-state index contributed by atoms with van der Waals surface area (Å²) in [6.45, 7) is 0. The number of hydrogen-bond acceptors (Lipinski definition) is 5. The Kier molecular flexibility index (Phi) is 15.0. The van der Waals surface area contributed by atoms with Crippen LogP contribution in [0.1, 0.15) is 0 Å². The molecule has 0 aromatic rings. The van der Waals surface area contributed by atoms with Crippen molar-refractivity contribution >= 4 is 20.2 Å². The number of hydrogen-bond donors (Lipinski definition) is 0. The van der Waals surface area contributed by atoms with E-state index in [1.165, 1.54) is 0 Å². The van der Waals surface area contributed by atoms with Gasteiger partial charge in [0.05, 0.1) is 0 Å². The molecule has 0 aromatic carbocycles. The lowest BCUT2D eigenvalue weighted by Gasteiger charge is -2.44. The molecule has 0 N–H and O–H groups in total. The molecule has 49 heteroatoms. The molecule has 0 fully saturated rings. The topological polar surface area (TPSA) is 77.5 Å². The van der Waals surface area contributed by atoms with Crippen molar-refractivity contribution in [2.45, 2.75) is 118 Å². The van der Waals surface area contributed by atoms with E-state index >= 15 is 0 Å². The average Bonchev–Trinajstić information content (AvgIpc) is 3.08. The summed E-state index contributed by atoms with van der Waals surface area (Å²) in [7, 11) is -21.0. The number of alkyl halides is 42. The van der Waals surface area contributed by atoms with Crippen molar-refractivity contribution in [3.05, 3.63) is 0 Å². The van der Waals surface area contributed by atoms with E-state index in [9.17, 15) is 201 Å². The molecule has 0 amide bonds. The van der Waals surface area contributed by atoms with Gasteiger partial charge < -0.3 is 0 Å². The zero-order valence-corrected chi connectivity index (χ0v) is 30.4. The quantitative estimate of drug-likeness (QED) is 0.114. The summed E-state index contributed by atoms with van der Waals surface area (Å²) >= 11 is 0. The van der Waals surface area contributed by atoms with Gasteiger partial charge in [-0.3, -0.25) is 0 Å². The summed E-state index contributed by atoms with van der Waals surface area (Å²) in [6.07, 6.45) is -17.0. The van der Waals surface area contributed by atoms with Crippen molar-refractivity contribution in [3.63, 3.8) is 0 Å². The largest absolute Gasteiger partial charge is 0.460 e. The number of halogens is 42. The zero-order chi connectivity index (χ0) is 57.7. The fourth-order valence-corrected chi connectivity index (χ4v) is 6.12. The van der Waals surface area contributed by atoms with Crippen molar-refractivity contribution in [1.29, 1.82) is 0 Å². The van der Waals surface area contributed by atoms with Crippen LogP contribution in [0.25, 0.3) is 0 Å². The van der Waals surface area contributed by atoms with Gasteiger partial charge in [0.2, 0.25) is 0 Å². The van der Waals surface area contributed by atoms with E-state index in [0.29, 0.717) is 0 Å². The summed E-state index contributed by atoms with van der Waals surface area (Å²) < 4.78 is 611. The molecule has 0 aliphatic rings. The second-order valence-corrected chi connectivity index (χ2v) is 15.6. The normalized spacial score (nSPS) is 17.4. The Bertz CT molecular complexity index is 1990. The van der Waals surface area contributed by atoms with Crippen molar-refractivity contribution < 1.29 is 205 Å². The Morgan fingerprint density at radius 2 is 0.275 bits per heavy atom. The molecule has 69 heavy (non-hydrogen) atoms. The van der Waals surface area contributed by atoms with Crippen LogP contribution in [0, 0.1) is 0 Å². The Morgan fingerprint density at radius 1 is 0.174 bits per heavy atom. The summed E-state index contributed by atoms with van der Waals surface area (Å²) in [5, 5.41) is -19.7. The highest BCUT2D eigenvalue weighted by molar-refractivity contribution is 8.01. The van der Waals surface area contributed by atoms with Crippen LogP contribution in [0.3, 0.4) is 0 Å². The molecular weight excluding hydrogens is 1180 g/mol. The minimum atomic E-state index is -10.5. The molecule has 0 radical (unpaired) electrons. The minimum Gasteiger partial charge on any atom is -0.192 e. The van der Waals surface area contributed by atoms with Gasteiger partial charge in [-0.2, -0.15) is 201 Å². The first kappa shape index (κ1) is 65.9. The number of rotatable bonds is 20. The van der Waals surface area contributed by atoms with Crippen LogP contribution in [0.4, 0.5) is 184 Å². The van der Waals surface area contributed by atoms with Gasteiger partial charge >= 0.3 is 138 Å². The first-order valence-corrected chi connectivity index (χ1v) is 16.7. The van der Waals surface area contributed by atoms with Crippen LogP contribution >= 0.6 is 0 Å². The predicted molar refractivity (Wildman–Crippen MR) is 120 cm³/mol. The second kappa shape index (κ2) is 15.7. The molecule has 0 rings (SSSR count). The van der Waals surface area contributed by atoms with Crippen LogP contribution in [-0.2, 0) is 23.9 Å². The standard InChI is InChI=1S/C20F42O5S2/c21-1(22,5(29,30)9(37,38)13(45,46)17(53,54)55)3(25,26)7(33,34)11(41,42)15(49,50)19(59,60)68(63,64)67-69(65,66)20(61,62)16(51,52)12(43,44)8(35,36)4(27,28)2(23,24)6(31,32)10(39,40)14(47,48)18(56,57)58. The Morgan fingerprint density at radius 3 is 0.391 bits per heavy atom. The van der Waals surface area contributed by atoms with Gasteiger partial charge in [0.25, 0.3) is 0 Å². The van der Waals surface area contributed by atoms with Crippen LogP contribution in [0.15, 0.2) is 0 Å². The Labute approximate surface area is 343 Å². The van der Waals surface area contributed by atoms with E-state index in [-0.39, 0.29) is 0 Å². The van der Waals surface area contributed by atoms with Crippen molar-refractivity contribution in [3.8, 4) is 0 Å². The van der Waals surface area contributed by atoms with Gasteiger partial charge in [-0.05, 0) is 0 Å². The van der Waals surface area contributed by atoms with Crippen LogP contribution in [0.5, 0.6) is 0 Å². The smallest absolute Gasteiger partial charge is 0.192 e. The van der Waals surface area contributed by atoms with E-state index in [0.717, 1.165) is 3.63 Å². The molecule has 0 saturated heterocycles. The van der Waals surface area contributed by atoms with Gasteiger partial charge in [-0.25, -0.2) is 0 Å². The van der Waals surface area contributed by atoms with E-state index < -0.39 is 138 Å². The first-order valence-electron chi connectivity index (χ1n) is 13.8. The maximum atomic E-state index is 14.1. The molecule has 416 valence electrons. The van der Waals surface area contributed by atoms with E-state index in [1.807, 2.05) is 0 Å². The molecule has 0 heterocycles. The van der Waals surface area contributed by atoms with Crippen LogP contribution in [0.2, 0.25) is 0 Å². The van der Waals surface area contributed by atoms with Gasteiger partial charge in [-0.1, -0.05) is 0 Å². The van der Waals surface area contributed by atoms with Gasteiger partial charge in [0.1, 0.15) is 0 Å². The molecule has 0 atom stereocenters. The first-order chi connectivity index (χ1) is 28.7. The monoisotopic (exact) mass is 1180 g/mol. The average molecular weight is 1180 g/mol. The fourth-order valence-electron chi connectivity index (χ4n) is 3.60. The van der Waals surface area contributed by atoms with Crippen molar-refractivity contribution in [2.75, 3.05) is 0 Å². The maximum absolute atomic E-state index is 14.1. The molecule has 0 aliphatic carbocycles. The lowest BCUT2D eigenvalue weighted by Crippen LogP contribution is -2.77. The molecule has 0 unspecified atom stereocenters. The highest BCUT2D eigenvalue weighted by Crippen LogP contribution is 2.69. The van der Waals surface area contributed by atoms with Gasteiger partial charge in [-0.15, -0.1) is 3.63 Å². The lowest BCUT2D eigenvalue weighted by molar-refractivity contribution is -0.472. The molecule has 0 aromatic heterocycles. The van der Waals surface area contributed by atoms with Crippen LogP contribution in [-0.4, -0.2) is 134 Å². The minimum absolute atomic E-state index is 0.824. The Balaban J connectivity index is 7.84. The molecule has 0 aliphatic heterocycles. The van der Waals surface area contributed by atoms with Crippen LogP contribution < -0.4 is 0 Å². The third-order valence-electron chi connectivity index (χ3n) is 7.77. The summed E-state index contributed by atoms with van der Waals surface area (Å²) in [5.74, 6) is -159. The highest BCUT2D eigenvalue weighted by Gasteiger charge is 3.01. The molecule has 0 bridgehead atoms. The highest BCUT2D eigenvalue weighted by atomic mass is 32.3. The second-order valence-electron chi connectivity index (χ2n) is 12.2. The van der Waals surface area contributed by atoms with E-state index in [2.05, 4.69) is 0 Å². The summed E-state index contributed by atoms with van der Waals surface area (Å²) in [6, 6.07) is 0. The molecule has 0 spiro atoms. The maximum Gasteiger partial charge on any atom is 0.460 e. The molecule has 5 nitrogen and oxygen atoms in total. The van der Waals surface area contributed by atoms with Crippen molar-refractivity contribution in [1.82, 2.24) is 0 Å². The predicted octanol–water partition coefficient (Wildman–Crippen LogP) is 12.1. The Hall–Kier alpha value is -3.08. The van der Waals surface area contributed by atoms with E-state index in [4.69, 9.17) is 0 Å². The van der Waals surface area contributed by atoms with Gasteiger partial charge in [0.15, 0.2) is 0 Å². The SMILES string of the molecule is O=S(=O)(OS(=O)(=O)C(F)(F)C(F)(F)C(F)(F)C(F)(F)C(F)(F)C(F)(F)C(F)(F)C(F)(F)C(F)(F)C(F)(F)F)C(F)(F)C(F)(F)C(F)(F)C(F)(F)C(F)(F)C(F)(F)C(F)(F)C(F)(F)C(F)(F)C(F)(F)F. The van der Waals surface area contributed by atoms with E-state index in [1.54, 1.807) is 0 Å². The lowest BCUT2D eigenvalue weighted by atomic mass is 9.87. The summed E-state index contributed by atoms with van der Waals surface area (Å²) in [4.78, 5) is 0. The molecular formula is C20F42O5S2. The third kappa shape index (κ3) is 7.68.